The van der Waals surface area contributed by atoms with Gasteiger partial charge in [0.15, 0.2) is 9.84 Å². The van der Waals surface area contributed by atoms with Gasteiger partial charge in [0.2, 0.25) is 0 Å². The van der Waals surface area contributed by atoms with Gasteiger partial charge in [-0.05, 0) is 68.8 Å². The highest BCUT2D eigenvalue weighted by Gasteiger charge is 2.31. The number of nitrogens with zero attached hydrogens (tertiary/aromatic N) is 4. The lowest BCUT2D eigenvalue weighted by Gasteiger charge is -2.12. The van der Waals surface area contributed by atoms with Crippen LogP contribution < -0.4 is 5.56 Å². The van der Waals surface area contributed by atoms with Crippen LogP contribution in [-0.2, 0) is 14.6 Å². The third kappa shape index (κ3) is 4.89. The van der Waals surface area contributed by atoms with E-state index in [-0.39, 0.29) is 29.7 Å². The number of esters is 1. The summed E-state index contributed by atoms with van der Waals surface area (Å²) < 4.78 is 32.0. The molecule has 0 aliphatic carbocycles. The molecule has 196 valence electrons. The lowest BCUT2D eigenvalue weighted by Crippen LogP contribution is -2.22. The molecule has 9 nitrogen and oxygen atoms in total. The number of aryl methyl sites for hydroxylation is 1. The van der Waals surface area contributed by atoms with Crippen LogP contribution >= 0.6 is 11.6 Å². The fraction of sp³-hybridized carbons (Fsp3) is 0.259. The number of aromatic nitrogens is 4. The summed E-state index contributed by atoms with van der Waals surface area (Å²) in [6, 6.07) is 13.3. The van der Waals surface area contributed by atoms with Gasteiger partial charge in [-0.1, -0.05) is 23.7 Å². The summed E-state index contributed by atoms with van der Waals surface area (Å²) in [6.45, 7) is 3.79. The van der Waals surface area contributed by atoms with Gasteiger partial charge in [-0.2, -0.15) is 5.10 Å². The molecule has 0 radical (unpaired) electrons. The normalized spacial score (nSPS) is 16.9. The Morgan fingerprint density at radius 1 is 1.16 bits per heavy atom. The van der Waals surface area contributed by atoms with Crippen LogP contribution in [-0.4, -0.2) is 51.8 Å². The number of ether oxygens (including phenoxy) is 1. The third-order valence-electron chi connectivity index (χ3n) is 6.46. The summed E-state index contributed by atoms with van der Waals surface area (Å²) in [7, 11) is -3.11. The molecular weight excluding hydrogens is 528 g/mol. The van der Waals surface area contributed by atoms with Crippen LogP contribution in [0.2, 0.25) is 5.15 Å². The number of rotatable bonds is 6. The summed E-state index contributed by atoms with van der Waals surface area (Å²) in [5.74, 6) is 0.0230. The van der Waals surface area contributed by atoms with E-state index in [0.29, 0.717) is 50.8 Å². The van der Waals surface area contributed by atoms with Crippen LogP contribution in [0.15, 0.2) is 53.3 Å². The van der Waals surface area contributed by atoms with Crippen LogP contribution in [0.25, 0.3) is 28.7 Å². The van der Waals surface area contributed by atoms with Crippen molar-refractivity contribution in [1.29, 1.82) is 0 Å². The highest BCUT2D eigenvalue weighted by molar-refractivity contribution is 7.91. The molecule has 1 saturated heterocycles. The third-order valence-corrected chi connectivity index (χ3v) is 8.59. The number of sulfone groups is 1. The Balaban J connectivity index is 1.58. The average Bonchev–Trinajstić information content (AvgIpc) is 3.40. The zero-order valence-electron chi connectivity index (χ0n) is 20.8. The number of carbonyl (C=O) groups excluding carboxylic acids is 1. The summed E-state index contributed by atoms with van der Waals surface area (Å²) in [5.41, 5.74) is 2.40. The Morgan fingerprint density at radius 2 is 1.89 bits per heavy atom. The molecule has 4 aromatic rings. The average molecular weight is 553 g/mol. The van der Waals surface area contributed by atoms with E-state index in [0.717, 1.165) is 0 Å². The van der Waals surface area contributed by atoms with Crippen LogP contribution in [0.5, 0.6) is 0 Å². The van der Waals surface area contributed by atoms with Gasteiger partial charge in [0.1, 0.15) is 11.0 Å². The minimum Gasteiger partial charge on any atom is -0.462 e. The molecule has 38 heavy (non-hydrogen) atoms. The number of hydrogen-bond acceptors (Lipinski definition) is 7. The van der Waals surface area contributed by atoms with Gasteiger partial charge in [-0.3, -0.25) is 9.36 Å². The minimum absolute atomic E-state index is 0.00452. The fourth-order valence-corrected chi connectivity index (χ4v) is 6.63. The van der Waals surface area contributed by atoms with E-state index < -0.39 is 15.8 Å². The zero-order chi connectivity index (χ0) is 27.0. The van der Waals surface area contributed by atoms with E-state index >= 15 is 0 Å². The Hall–Kier alpha value is -3.76. The molecule has 1 aliphatic heterocycles. The van der Waals surface area contributed by atoms with Crippen molar-refractivity contribution in [2.24, 2.45) is 0 Å². The molecule has 2 aromatic carbocycles. The van der Waals surface area contributed by atoms with Gasteiger partial charge in [0.05, 0.1) is 52.0 Å². The second-order valence-corrected chi connectivity index (χ2v) is 11.6. The smallest absolute Gasteiger partial charge is 0.338 e. The molecule has 0 spiro atoms. The summed E-state index contributed by atoms with van der Waals surface area (Å²) in [4.78, 5) is 30.4. The molecule has 2 aromatic heterocycles. The molecular formula is C27H25ClN4O5S. The molecule has 1 aliphatic rings. The van der Waals surface area contributed by atoms with E-state index in [1.54, 1.807) is 79.2 Å². The maximum atomic E-state index is 13.6. The lowest BCUT2D eigenvalue weighted by atomic mass is 10.2. The van der Waals surface area contributed by atoms with Crippen molar-refractivity contribution in [2.75, 3.05) is 18.1 Å². The first-order chi connectivity index (χ1) is 18.2. The number of carbonyl (C=O) groups is 1. The van der Waals surface area contributed by atoms with E-state index in [1.807, 2.05) is 0 Å². The number of halogens is 1. The molecule has 0 bridgehead atoms. The molecule has 0 saturated carbocycles. The first kappa shape index (κ1) is 25.9. The van der Waals surface area contributed by atoms with Gasteiger partial charge in [0, 0.05) is 5.56 Å². The van der Waals surface area contributed by atoms with E-state index in [2.05, 4.69) is 5.10 Å². The predicted octanol–water partition coefficient (Wildman–Crippen LogP) is 4.25. The largest absolute Gasteiger partial charge is 0.462 e. The van der Waals surface area contributed by atoms with Gasteiger partial charge in [-0.25, -0.2) is 22.9 Å². The van der Waals surface area contributed by atoms with E-state index in [1.165, 1.54) is 4.57 Å². The van der Waals surface area contributed by atoms with Crippen LogP contribution in [0.1, 0.15) is 46.8 Å². The number of hydrogen-bond donors (Lipinski definition) is 0. The van der Waals surface area contributed by atoms with E-state index in [4.69, 9.17) is 21.3 Å². The second-order valence-electron chi connectivity index (χ2n) is 9.02. The molecule has 0 amide bonds. The monoisotopic (exact) mass is 552 g/mol. The predicted molar refractivity (Wildman–Crippen MR) is 147 cm³/mol. The SMILES string of the molecule is CCOC(=O)c1ccc(-n2c(/C=C/c3c(C)nn([C@H]4CCS(=O)(=O)C4)c3Cl)nc3ccccc3c2=O)cc1. The molecule has 11 heteroatoms. The van der Waals surface area contributed by atoms with Crippen LogP contribution in [0.4, 0.5) is 0 Å². The van der Waals surface area contributed by atoms with Gasteiger partial charge in [-0.15, -0.1) is 0 Å². The molecule has 5 rings (SSSR count). The van der Waals surface area contributed by atoms with Crippen molar-refractivity contribution in [3.05, 3.63) is 86.7 Å². The fourth-order valence-electron chi connectivity index (χ4n) is 4.56. The second kappa shape index (κ2) is 10.2. The van der Waals surface area contributed by atoms with Crippen LogP contribution in [0, 0.1) is 6.92 Å². The number of fused-ring (bicyclic) bond motifs is 1. The standard InChI is InChI=1S/C27H25ClN4O5S/c1-3-37-27(34)18-8-10-19(11-9-18)31-24(29-23-7-5-4-6-22(23)26(31)33)13-12-21-17(2)30-32(25(21)28)20-14-15-38(35,36)16-20/h4-13,20H,3,14-16H2,1-2H3/b13-12+/t20-/m0/s1. The first-order valence-corrected chi connectivity index (χ1v) is 14.3. The Bertz CT molecular complexity index is 1740. The van der Waals surface area contributed by atoms with Gasteiger partial charge in [0.25, 0.3) is 5.56 Å². The maximum absolute atomic E-state index is 13.6. The zero-order valence-corrected chi connectivity index (χ0v) is 22.4. The van der Waals surface area contributed by atoms with Crippen LogP contribution in [0.3, 0.4) is 0 Å². The highest BCUT2D eigenvalue weighted by Crippen LogP contribution is 2.31. The van der Waals surface area contributed by atoms with Gasteiger partial charge < -0.3 is 4.74 Å². The van der Waals surface area contributed by atoms with Crippen molar-refractivity contribution in [3.8, 4) is 5.69 Å². The Kier molecular flexibility index (Phi) is 6.93. The maximum Gasteiger partial charge on any atom is 0.338 e. The van der Waals surface area contributed by atoms with Gasteiger partial charge >= 0.3 is 5.97 Å². The lowest BCUT2D eigenvalue weighted by molar-refractivity contribution is 0.0526. The summed E-state index contributed by atoms with van der Waals surface area (Å²) >= 11 is 6.65. The molecule has 3 heterocycles. The topological polar surface area (TPSA) is 113 Å². The Morgan fingerprint density at radius 3 is 2.58 bits per heavy atom. The number of benzene rings is 2. The molecule has 1 fully saturated rings. The minimum atomic E-state index is -3.11. The molecule has 0 N–H and O–H groups in total. The van der Waals surface area contributed by atoms with Crippen molar-refractivity contribution in [2.45, 2.75) is 26.3 Å². The summed E-state index contributed by atoms with van der Waals surface area (Å²) in [5, 5.41) is 5.27. The van der Waals surface area contributed by atoms with Crippen molar-refractivity contribution >= 4 is 50.5 Å². The molecule has 0 unspecified atom stereocenters. The quantitative estimate of drug-likeness (QED) is 0.328. The van der Waals surface area contributed by atoms with E-state index in [9.17, 15) is 18.0 Å². The summed E-state index contributed by atoms with van der Waals surface area (Å²) in [6.07, 6.45) is 3.86. The first-order valence-electron chi connectivity index (χ1n) is 12.1. The molecule has 1 atom stereocenters. The van der Waals surface area contributed by atoms with Crippen molar-refractivity contribution in [1.82, 2.24) is 19.3 Å². The van der Waals surface area contributed by atoms with Crippen molar-refractivity contribution in [3.63, 3.8) is 0 Å². The Labute approximate surface area is 224 Å². The highest BCUT2D eigenvalue weighted by atomic mass is 35.5. The van der Waals surface area contributed by atoms with Crippen molar-refractivity contribution < 1.29 is 17.9 Å². The number of para-hydroxylation sites is 1.